The summed E-state index contributed by atoms with van der Waals surface area (Å²) < 4.78 is 1.82. The highest BCUT2D eigenvalue weighted by Gasteiger charge is 2.21. The normalized spacial score (nSPS) is 12.9. The van der Waals surface area contributed by atoms with Crippen LogP contribution in [0.2, 0.25) is 5.02 Å². The van der Waals surface area contributed by atoms with Crippen LogP contribution in [0.5, 0.6) is 0 Å². The van der Waals surface area contributed by atoms with Crippen LogP contribution in [0, 0.1) is 6.92 Å². The van der Waals surface area contributed by atoms with Crippen LogP contribution >= 0.6 is 22.9 Å². The zero-order valence-electron chi connectivity index (χ0n) is 10.9. The topological polar surface area (TPSA) is 29.9 Å². The first kappa shape index (κ1) is 13.6. The number of aromatic nitrogens is 2. The number of hydrogen-bond acceptors (Lipinski definition) is 3. The predicted molar refractivity (Wildman–Crippen MR) is 77.4 cm³/mol. The Bertz CT molecular complexity index is 518. The molecule has 2 aromatic heterocycles. The van der Waals surface area contributed by atoms with Crippen molar-refractivity contribution in [3.05, 3.63) is 38.8 Å². The maximum Gasteiger partial charge on any atom is 0.0878 e. The molecule has 0 spiro atoms. The van der Waals surface area contributed by atoms with Crippen LogP contribution in [0.1, 0.15) is 35.5 Å². The van der Waals surface area contributed by atoms with Gasteiger partial charge in [-0.05, 0) is 36.9 Å². The molecule has 1 atom stereocenters. The van der Waals surface area contributed by atoms with Crippen LogP contribution in [0.15, 0.2) is 17.6 Å². The molecule has 0 aliphatic carbocycles. The Morgan fingerprint density at radius 3 is 2.83 bits per heavy atom. The van der Waals surface area contributed by atoms with Gasteiger partial charge in [0.15, 0.2) is 0 Å². The fourth-order valence-corrected chi connectivity index (χ4v) is 3.24. The van der Waals surface area contributed by atoms with E-state index in [-0.39, 0.29) is 6.04 Å². The van der Waals surface area contributed by atoms with Gasteiger partial charge in [-0.1, -0.05) is 18.5 Å². The average molecular weight is 284 g/mol. The third-order valence-corrected chi connectivity index (χ3v) is 4.59. The fourth-order valence-electron chi connectivity index (χ4n) is 1.85. The van der Waals surface area contributed by atoms with Crippen molar-refractivity contribution < 1.29 is 0 Å². The van der Waals surface area contributed by atoms with E-state index in [0.717, 1.165) is 34.1 Å². The first-order valence-corrected chi connectivity index (χ1v) is 7.35. The highest BCUT2D eigenvalue weighted by atomic mass is 35.5. The van der Waals surface area contributed by atoms with Crippen LogP contribution in [0.4, 0.5) is 0 Å². The first-order valence-electron chi connectivity index (χ1n) is 6.10. The summed E-state index contributed by atoms with van der Waals surface area (Å²) in [6.07, 6.45) is 3.05. The van der Waals surface area contributed by atoms with Gasteiger partial charge < -0.3 is 5.32 Å². The van der Waals surface area contributed by atoms with Crippen molar-refractivity contribution in [2.24, 2.45) is 7.05 Å². The molecule has 0 aliphatic rings. The quantitative estimate of drug-likeness (QED) is 0.910. The Hall–Kier alpha value is -0.840. The molecular weight excluding hydrogens is 266 g/mol. The summed E-state index contributed by atoms with van der Waals surface area (Å²) in [5, 5.41) is 11.0. The van der Waals surface area contributed by atoms with Gasteiger partial charge >= 0.3 is 0 Å². The molecule has 1 N–H and O–H groups in total. The van der Waals surface area contributed by atoms with E-state index < -0.39 is 0 Å². The van der Waals surface area contributed by atoms with E-state index in [2.05, 4.69) is 22.7 Å². The molecule has 2 heterocycles. The Morgan fingerprint density at radius 2 is 2.33 bits per heavy atom. The van der Waals surface area contributed by atoms with Gasteiger partial charge in [0.25, 0.3) is 0 Å². The third kappa shape index (κ3) is 2.76. The Morgan fingerprint density at radius 1 is 1.56 bits per heavy atom. The lowest BCUT2D eigenvalue weighted by Crippen LogP contribution is -2.23. The zero-order chi connectivity index (χ0) is 13.1. The van der Waals surface area contributed by atoms with Gasteiger partial charge in [-0.15, -0.1) is 11.3 Å². The van der Waals surface area contributed by atoms with Crippen LogP contribution in [0.25, 0.3) is 0 Å². The van der Waals surface area contributed by atoms with Gasteiger partial charge in [0.1, 0.15) is 0 Å². The molecule has 0 bridgehead atoms. The highest BCUT2D eigenvalue weighted by molar-refractivity contribution is 7.10. The fraction of sp³-hybridized carbons (Fsp3) is 0.462. The van der Waals surface area contributed by atoms with Crippen LogP contribution < -0.4 is 5.32 Å². The van der Waals surface area contributed by atoms with Gasteiger partial charge in [0, 0.05) is 18.1 Å². The minimum absolute atomic E-state index is 0.0948. The Labute approximate surface area is 117 Å². The van der Waals surface area contributed by atoms with Crippen molar-refractivity contribution >= 4 is 22.9 Å². The van der Waals surface area contributed by atoms with Crippen molar-refractivity contribution in [3.63, 3.8) is 0 Å². The smallest absolute Gasteiger partial charge is 0.0878 e. The molecule has 0 saturated heterocycles. The second kappa shape index (κ2) is 5.87. The van der Waals surface area contributed by atoms with E-state index in [0.29, 0.717) is 0 Å². The van der Waals surface area contributed by atoms with Gasteiger partial charge in [0.2, 0.25) is 0 Å². The Kier molecular flexibility index (Phi) is 4.43. The predicted octanol–water partition coefficient (Wildman–Crippen LogP) is 3.53. The second-order valence-electron chi connectivity index (χ2n) is 4.40. The summed E-state index contributed by atoms with van der Waals surface area (Å²) in [4.78, 5) is 1.15. The van der Waals surface area contributed by atoms with Crippen molar-refractivity contribution in [1.29, 1.82) is 0 Å². The molecule has 2 aromatic rings. The lowest BCUT2D eigenvalue weighted by molar-refractivity contribution is 0.582. The van der Waals surface area contributed by atoms with E-state index >= 15 is 0 Å². The van der Waals surface area contributed by atoms with Gasteiger partial charge in [0.05, 0.1) is 16.8 Å². The van der Waals surface area contributed by atoms with Gasteiger partial charge in [-0.25, -0.2) is 0 Å². The SMILES string of the molecule is CCCNC(c1ccn(C)n1)c1scc(C)c1Cl. The molecule has 3 nitrogen and oxygen atoms in total. The van der Waals surface area contributed by atoms with Crippen LogP contribution in [-0.4, -0.2) is 16.3 Å². The summed E-state index contributed by atoms with van der Waals surface area (Å²) in [5.41, 5.74) is 2.16. The van der Waals surface area contributed by atoms with E-state index in [1.165, 1.54) is 0 Å². The maximum absolute atomic E-state index is 6.37. The lowest BCUT2D eigenvalue weighted by Gasteiger charge is -2.15. The van der Waals surface area contributed by atoms with E-state index in [1.807, 2.05) is 30.9 Å². The molecule has 2 rings (SSSR count). The van der Waals surface area contributed by atoms with Crippen molar-refractivity contribution in [1.82, 2.24) is 15.1 Å². The molecule has 0 amide bonds. The zero-order valence-corrected chi connectivity index (χ0v) is 12.5. The van der Waals surface area contributed by atoms with Crippen molar-refractivity contribution in [2.75, 3.05) is 6.54 Å². The van der Waals surface area contributed by atoms with Crippen molar-refractivity contribution in [3.8, 4) is 0 Å². The highest BCUT2D eigenvalue weighted by Crippen LogP contribution is 2.35. The van der Waals surface area contributed by atoms with E-state index in [1.54, 1.807) is 11.3 Å². The number of aryl methyl sites for hydroxylation is 2. The van der Waals surface area contributed by atoms with Crippen molar-refractivity contribution in [2.45, 2.75) is 26.3 Å². The van der Waals surface area contributed by atoms with E-state index in [9.17, 15) is 0 Å². The average Bonchev–Trinajstić information content (AvgIpc) is 2.90. The summed E-state index contributed by atoms with van der Waals surface area (Å²) in [6.45, 7) is 5.15. The largest absolute Gasteiger partial charge is 0.304 e. The molecule has 98 valence electrons. The molecular formula is C13H18ClN3S. The molecule has 5 heteroatoms. The summed E-state index contributed by atoms with van der Waals surface area (Å²) in [7, 11) is 1.93. The standard InChI is InChI=1S/C13H18ClN3S/c1-4-6-15-12(10-5-7-17(3)16-10)13-11(14)9(2)8-18-13/h5,7-8,12,15H,4,6H2,1-3H3. The minimum atomic E-state index is 0.0948. The number of hydrogen-bond donors (Lipinski definition) is 1. The van der Waals surface area contributed by atoms with Crippen LogP contribution in [-0.2, 0) is 7.05 Å². The third-order valence-electron chi connectivity index (χ3n) is 2.82. The molecule has 18 heavy (non-hydrogen) atoms. The summed E-state index contributed by atoms with van der Waals surface area (Å²) in [5.74, 6) is 0. The van der Waals surface area contributed by atoms with E-state index in [4.69, 9.17) is 11.6 Å². The maximum atomic E-state index is 6.37. The molecule has 0 aliphatic heterocycles. The number of halogens is 1. The monoisotopic (exact) mass is 283 g/mol. The summed E-state index contributed by atoms with van der Waals surface area (Å²) in [6, 6.07) is 2.14. The molecule has 0 aromatic carbocycles. The Balaban J connectivity index is 2.33. The minimum Gasteiger partial charge on any atom is -0.304 e. The first-order chi connectivity index (χ1) is 8.63. The molecule has 0 radical (unpaired) electrons. The summed E-state index contributed by atoms with van der Waals surface area (Å²) >= 11 is 8.07. The second-order valence-corrected chi connectivity index (χ2v) is 5.69. The number of thiophene rings is 1. The molecule has 0 fully saturated rings. The number of rotatable bonds is 5. The van der Waals surface area contributed by atoms with Crippen LogP contribution in [0.3, 0.4) is 0 Å². The number of nitrogens with zero attached hydrogens (tertiary/aromatic N) is 2. The molecule has 1 unspecified atom stereocenters. The van der Waals surface area contributed by atoms with Gasteiger partial charge in [-0.3, -0.25) is 4.68 Å². The lowest BCUT2D eigenvalue weighted by atomic mass is 10.1. The molecule has 0 saturated carbocycles. The number of nitrogens with one attached hydrogen (secondary N) is 1. The van der Waals surface area contributed by atoms with Gasteiger partial charge in [-0.2, -0.15) is 5.10 Å².